The second-order valence-corrected chi connectivity index (χ2v) is 5.53. The zero-order chi connectivity index (χ0) is 9.95. The lowest BCUT2D eigenvalue weighted by Crippen LogP contribution is -2.44. The maximum absolute atomic E-state index is 5.37. The Balaban J connectivity index is 2.33. The Labute approximate surface area is 82.0 Å². The van der Waals surface area contributed by atoms with Crippen LogP contribution >= 0.6 is 0 Å². The van der Waals surface area contributed by atoms with Gasteiger partial charge in [-0.1, -0.05) is 6.92 Å². The number of hydrogen-bond donors (Lipinski definition) is 1. The summed E-state index contributed by atoms with van der Waals surface area (Å²) in [4.78, 5) is 0. The highest BCUT2D eigenvalue weighted by atomic mass is 16.5. The smallest absolute Gasteiger partial charge is 0.0471 e. The van der Waals surface area contributed by atoms with Crippen molar-refractivity contribution in [3.8, 4) is 0 Å². The van der Waals surface area contributed by atoms with Crippen LogP contribution in [0.2, 0.25) is 0 Å². The highest BCUT2D eigenvalue weighted by Crippen LogP contribution is 2.29. The van der Waals surface area contributed by atoms with Crippen LogP contribution in [-0.2, 0) is 4.74 Å². The first-order valence-electron chi connectivity index (χ1n) is 5.24. The molecule has 1 fully saturated rings. The predicted octanol–water partition coefficient (Wildman–Crippen LogP) is 2.19. The first-order valence-corrected chi connectivity index (χ1v) is 5.24. The molecule has 0 aromatic carbocycles. The van der Waals surface area contributed by atoms with Gasteiger partial charge in [-0.3, -0.25) is 0 Å². The Kier molecular flexibility index (Phi) is 3.36. The Morgan fingerprint density at radius 1 is 1.23 bits per heavy atom. The van der Waals surface area contributed by atoms with Crippen molar-refractivity contribution in [2.24, 2.45) is 5.41 Å². The summed E-state index contributed by atoms with van der Waals surface area (Å²) in [5.74, 6) is 0. The fraction of sp³-hybridized carbons (Fsp3) is 1.00. The van der Waals surface area contributed by atoms with Gasteiger partial charge in [-0.05, 0) is 39.0 Å². The minimum absolute atomic E-state index is 0.237. The minimum atomic E-state index is 0.237. The third-order valence-electron chi connectivity index (χ3n) is 2.75. The Morgan fingerprint density at radius 3 is 2.23 bits per heavy atom. The Hall–Kier alpha value is -0.0800. The minimum Gasteiger partial charge on any atom is -0.381 e. The van der Waals surface area contributed by atoms with Gasteiger partial charge >= 0.3 is 0 Å². The van der Waals surface area contributed by atoms with E-state index in [1.807, 2.05) is 0 Å². The first kappa shape index (κ1) is 11.0. The molecule has 0 radical (unpaired) electrons. The van der Waals surface area contributed by atoms with Crippen LogP contribution in [0.15, 0.2) is 0 Å². The summed E-state index contributed by atoms with van der Waals surface area (Å²) in [6, 6.07) is 0. The van der Waals surface area contributed by atoms with Gasteiger partial charge in [0.25, 0.3) is 0 Å². The maximum atomic E-state index is 5.37. The molecule has 0 atom stereocenters. The third-order valence-corrected chi connectivity index (χ3v) is 2.75. The van der Waals surface area contributed by atoms with Crippen LogP contribution in [0, 0.1) is 5.41 Å². The summed E-state index contributed by atoms with van der Waals surface area (Å²) < 4.78 is 5.37. The third kappa shape index (κ3) is 4.10. The van der Waals surface area contributed by atoms with E-state index in [2.05, 4.69) is 33.0 Å². The molecule has 2 nitrogen and oxygen atoms in total. The van der Waals surface area contributed by atoms with Gasteiger partial charge < -0.3 is 10.1 Å². The largest absolute Gasteiger partial charge is 0.381 e. The monoisotopic (exact) mass is 185 g/mol. The molecule has 1 saturated heterocycles. The van der Waals surface area contributed by atoms with Crippen LogP contribution in [0.4, 0.5) is 0 Å². The molecule has 0 aromatic heterocycles. The molecule has 0 aromatic rings. The van der Waals surface area contributed by atoms with E-state index in [1.54, 1.807) is 0 Å². The van der Waals surface area contributed by atoms with Crippen molar-refractivity contribution in [2.45, 2.75) is 46.1 Å². The van der Waals surface area contributed by atoms with Crippen LogP contribution in [0.3, 0.4) is 0 Å². The van der Waals surface area contributed by atoms with Crippen LogP contribution in [0.1, 0.15) is 40.5 Å². The van der Waals surface area contributed by atoms with Crippen molar-refractivity contribution in [3.05, 3.63) is 0 Å². The maximum Gasteiger partial charge on any atom is 0.0471 e. The van der Waals surface area contributed by atoms with Crippen molar-refractivity contribution in [1.82, 2.24) is 5.32 Å². The van der Waals surface area contributed by atoms with E-state index < -0.39 is 0 Å². The molecular weight excluding hydrogens is 162 g/mol. The van der Waals surface area contributed by atoms with E-state index in [4.69, 9.17) is 4.74 Å². The number of rotatable bonds is 2. The molecule has 0 saturated carbocycles. The fourth-order valence-corrected chi connectivity index (χ4v) is 1.52. The lowest BCUT2D eigenvalue weighted by atomic mass is 9.82. The summed E-state index contributed by atoms with van der Waals surface area (Å²) in [5, 5.41) is 3.58. The topological polar surface area (TPSA) is 21.3 Å². The molecule has 1 aliphatic heterocycles. The second kappa shape index (κ2) is 3.97. The standard InChI is InChI=1S/C11H23NO/c1-10(2,3)12-9-11(4)5-7-13-8-6-11/h12H,5-9H2,1-4H3. The summed E-state index contributed by atoms with van der Waals surface area (Å²) in [6.07, 6.45) is 2.38. The molecule has 0 aliphatic carbocycles. The van der Waals surface area contributed by atoms with Crippen molar-refractivity contribution >= 4 is 0 Å². The lowest BCUT2D eigenvalue weighted by molar-refractivity contribution is 0.0214. The van der Waals surface area contributed by atoms with Gasteiger partial charge in [0.2, 0.25) is 0 Å². The van der Waals surface area contributed by atoms with Gasteiger partial charge in [0.1, 0.15) is 0 Å². The fourth-order valence-electron chi connectivity index (χ4n) is 1.52. The Bertz CT molecular complexity index is 154. The SMILES string of the molecule is CC1(CNC(C)(C)C)CCOCC1. The van der Waals surface area contributed by atoms with Crippen LogP contribution in [-0.4, -0.2) is 25.3 Å². The zero-order valence-corrected chi connectivity index (χ0v) is 9.44. The van der Waals surface area contributed by atoms with Gasteiger partial charge in [0.15, 0.2) is 0 Å². The van der Waals surface area contributed by atoms with Gasteiger partial charge in [-0.2, -0.15) is 0 Å². The predicted molar refractivity (Wildman–Crippen MR) is 55.9 cm³/mol. The molecule has 0 bridgehead atoms. The number of ether oxygens (including phenoxy) is 1. The van der Waals surface area contributed by atoms with Crippen molar-refractivity contribution in [3.63, 3.8) is 0 Å². The summed E-state index contributed by atoms with van der Waals surface area (Å²) >= 11 is 0. The van der Waals surface area contributed by atoms with Crippen LogP contribution in [0.5, 0.6) is 0 Å². The van der Waals surface area contributed by atoms with Crippen LogP contribution < -0.4 is 5.32 Å². The van der Waals surface area contributed by atoms with Crippen molar-refractivity contribution in [1.29, 1.82) is 0 Å². The van der Waals surface area contributed by atoms with Crippen LogP contribution in [0.25, 0.3) is 0 Å². The number of nitrogens with one attached hydrogen (secondary N) is 1. The number of hydrogen-bond acceptors (Lipinski definition) is 2. The molecule has 1 N–H and O–H groups in total. The highest BCUT2D eigenvalue weighted by Gasteiger charge is 2.28. The van der Waals surface area contributed by atoms with Crippen molar-refractivity contribution in [2.75, 3.05) is 19.8 Å². The summed E-state index contributed by atoms with van der Waals surface area (Å²) in [7, 11) is 0. The highest BCUT2D eigenvalue weighted by molar-refractivity contribution is 4.82. The van der Waals surface area contributed by atoms with Crippen molar-refractivity contribution < 1.29 is 4.74 Å². The lowest BCUT2D eigenvalue weighted by Gasteiger charge is -2.36. The average molecular weight is 185 g/mol. The molecule has 0 amide bonds. The van der Waals surface area contributed by atoms with E-state index in [0.717, 1.165) is 19.8 Å². The van der Waals surface area contributed by atoms with E-state index >= 15 is 0 Å². The zero-order valence-electron chi connectivity index (χ0n) is 9.44. The summed E-state index contributed by atoms with van der Waals surface area (Å²) in [6.45, 7) is 12.0. The molecular formula is C11H23NO. The molecule has 2 heteroatoms. The van der Waals surface area contributed by atoms with Gasteiger partial charge in [0, 0.05) is 25.3 Å². The Morgan fingerprint density at radius 2 is 1.77 bits per heavy atom. The molecule has 1 rings (SSSR count). The average Bonchev–Trinajstić information content (AvgIpc) is 2.02. The molecule has 0 spiro atoms. The van der Waals surface area contributed by atoms with E-state index in [1.165, 1.54) is 12.8 Å². The van der Waals surface area contributed by atoms with E-state index in [9.17, 15) is 0 Å². The van der Waals surface area contributed by atoms with Gasteiger partial charge in [0.05, 0.1) is 0 Å². The molecule has 78 valence electrons. The first-order chi connectivity index (χ1) is 5.91. The quantitative estimate of drug-likeness (QED) is 0.712. The molecule has 0 unspecified atom stereocenters. The molecule has 1 heterocycles. The second-order valence-electron chi connectivity index (χ2n) is 5.53. The van der Waals surface area contributed by atoms with E-state index in [0.29, 0.717) is 5.41 Å². The van der Waals surface area contributed by atoms with Gasteiger partial charge in [-0.25, -0.2) is 0 Å². The molecule has 13 heavy (non-hydrogen) atoms. The summed E-state index contributed by atoms with van der Waals surface area (Å²) in [5.41, 5.74) is 0.687. The van der Waals surface area contributed by atoms with E-state index in [-0.39, 0.29) is 5.54 Å². The van der Waals surface area contributed by atoms with Gasteiger partial charge in [-0.15, -0.1) is 0 Å². The molecule has 1 aliphatic rings. The normalized spacial score (nSPS) is 23.1.